The molecule has 2 aromatic carbocycles. The molecule has 0 unspecified atom stereocenters. The number of esters is 1. The molecule has 1 heterocycles. The number of benzene rings is 2. The zero-order valence-electron chi connectivity index (χ0n) is 14.0. The molecular formula is C18H19BO5. The molecule has 1 aliphatic rings. The van der Waals surface area contributed by atoms with E-state index in [1.165, 1.54) is 5.46 Å². The van der Waals surface area contributed by atoms with Gasteiger partial charge in [0.2, 0.25) is 0 Å². The van der Waals surface area contributed by atoms with Crippen LogP contribution in [-0.4, -0.2) is 20.0 Å². The Bertz CT molecular complexity index is 759. The van der Waals surface area contributed by atoms with Crippen LogP contribution in [0.1, 0.15) is 18.9 Å². The van der Waals surface area contributed by atoms with Gasteiger partial charge in [-0.1, -0.05) is 19.8 Å². The van der Waals surface area contributed by atoms with Crippen LogP contribution in [0.3, 0.4) is 0 Å². The van der Waals surface area contributed by atoms with Crippen molar-refractivity contribution in [3.05, 3.63) is 42.0 Å². The van der Waals surface area contributed by atoms with Crippen molar-refractivity contribution in [2.24, 2.45) is 0 Å². The number of hydrogen-bond donors (Lipinski definition) is 0. The van der Waals surface area contributed by atoms with Crippen LogP contribution in [-0.2, 0) is 16.1 Å². The molecule has 0 atom stereocenters. The molecule has 0 spiro atoms. The van der Waals surface area contributed by atoms with E-state index in [0.29, 0.717) is 36.0 Å². The van der Waals surface area contributed by atoms with Gasteiger partial charge in [-0.25, -0.2) is 0 Å². The average Bonchev–Trinajstić information content (AvgIpc) is 2.96. The first-order valence-corrected chi connectivity index (χ1v) is 7.91. The number of fused-ring (bicyclic) bond motifs is 1. The van der Waals surface area contributed by atoms with Crippen LogP contribution in [0.25, 0.3) is 0 Å². The summed E-state index contributed by atoms with van der Waals surface area (Å²) >= 11 is 0. The van der Waals surface area contributed by atoms with Gasteiger partial charge in [-0.3, -0.25) is 4.79 Å². The highest BCUT2D eigenvalue weighted by Gasteiger charge is 2.23. The molecule has 0 saturated carbocycles. The highest BCUT2D eigenvalue weighted by Crippen LogP contribution is 2.35. The van der Waals surface area contributed by atoms with Crippen LogP contribution < -0.4 is 19.7 Å². The summed E-state index contributed by atoms with van der Waals surface area (Å²) in [6.45, 7) is 4.49. The Hall–Kier alpha value is -2.47. The molecule has 3 rings (SSSR count). The zero-order valence-corrected chi connectivity index (χ0v) is 14.0. The van der Waals surface area contributed by atoms with Crippen LogP contribution in [0.2, 0.25) is 6.82 Å². The topological polar surface area (TPSA) is 54.0 Å². The SMILES string of the molecule is CCC(=O)Oc1ccc(Oc2ccc3c(c2)COB3C)c(OC)c1. The van der Waals surface area contributed by atoms with Crippen LogP contribution in [0.15, 0.2) is 36.4 Å². The van der Waals surface area contributed by atoms with E-state index < -0.39 is 0 Å². The van der Waals surface area contributed by atoms with Crippen molar-refractivity contribution in [2.45, 2.75) is 26.8 Å². The van der Waals surface area contributed by atoms with Gasteiger partial charge in [0.1, 0.15) is 11.5 Å². The first-order chi connectivity index (χ1) is 11.6. The maximum absolute atomic E-state index is 11.4. The quantitative estimate of drug-likeness (QED) is 0.480. The minimum atomic E-state index is -0.293. The van der Waals surface area contributed by atoms with Crippen LogP contribution in [0, 0.1) is 0 Å². The van der Waals surface area contributed by atoms with E-state index in [0.717, 1.165) is 5.56 Å². The van der Waals surface area contributed by atoms with Crippen LogP contribution >= 0.6 is 0 Å². The molecule has 0 radical (unpaired) electrons. The first-order valence-electron chi connectivity index (χ1n) is 7.91. The third kappa shape index (κ3) is 3.38. The minimum absolute atomic E-state index is 0.121. The van der Waals surface area contributed by atoms with Crippen molar-refractivity contribution < 1.29 is 23.7 Å². The van der Waals surface area contributed by atoms with Crippen LogP contribution in [0.4, 0.5) is 0 Å². The molecule has 5 nitrogen and oxygen atoms in total. The predicted molar refractivity (Wildman–Crippen MR) is 91.5 cm³/mol. The van der Waals surface area contributed by atoms with E-state index in [1.54, 1.807) is 32.2 Å². The molecule has 0 aliphatic carbocycles. The standard InChI is InChI=1S/C18H19BO5/c1-4-18(20)24-14-6-8-16(17(10-14)21-3)23-13-5-7-15-12(9-13)11-22-19(15)2/h5-10H,4,11H2,1-3H3. The van der Waals surface area contributed by atoms with E-state index in [-0.39, 0.29) is 12.9 Å². The monoisotopic (exact) mass is 326 g/mol. The maximum Gasteiger partial charge on any atom is 0.324 e. The molecule has 0 bridgehead atoms. The third-order valence-electron chi connectivity index (χ3n) is 3.92. The van der Waals surface area contributed by atoms with Gasteiger partial charge < -0.3 is 18.9 Å². The summed E-state index contributed by atoms with van der Waals surface area (Å²) in [5, 5.41) is 0. The van der Waals surface area contributed by atoms with Gasteiger partial charge >= 0.3 is 12.9 Å². The molecule has 0 fully saturated rings. The molecule has 1 aliphatic heterocycles. The third-order valence-corrected chi connectivity index (χ3v) is 3.92. The lowest BCUT2D eigenvalue weighted by atomic mass is 9.64. The number of carbonyl (C=O) groups is 1. The van der Waals surface area contributed by atoms with Crippen molar-refractivity contribution >= 4 is 18.3 Å². The predicted octanol–water partition coefficient (Wildman–Crippen LogP) is 3.16. The van der Waals surface area contributed by atoms with Gasteiger partial charge in [0.15, 0.2) is 11.5 Å². The first kappa shape index (κ1) is 16.4. The largest absolute Gasteiger partial charge is 0.493 e. The van der Waals surface area contributed by atoms with Crippen molar-refractivity contribution in [2.75, 3.05) is 7.11 Å². The second-order valence-corrected chi connectivity index (χ2v) is 5.56. The van der Waals surface area contributed by atoms with Gasteiger partial charge in [-0.15, -0.1) is 0 Å². The number of hydrogen-bond acceptors (Lipinski definition) is 5. The number of methoxy groups -OCH3 is 1. The molecule has 0 amide bonds. The molecular weight excluding hydrogens is 307 g/mol. The summed E-state index contributed by atoms with van der Waals surface area (Å²) < 4.78 is 22.1. The molecule has 0 N–H and O–H groups in total. The summed E-state index contributed by atoms with van der Waals surface area (Å²) in [4.78, 5) is 11.4. The number of ether oxygens (including phenoxy) is 3. The molecule has 0 saturated heterocycles. The normalized spacial score (nSPS) is 12.7. The van der Waals surface area contributed by atoms with Crippen molar-refractivity contribution in [1.29, 1.82) is 0 Å². The fourth-order valence-electron chi connectivity index (χ4n) is 2.60. The number of carbonyl (C=O) groups excluding carboxylic acids is 1. The van der Waals surface area contributed by atoms with Gasteiger partial charge in [-0.2, -0.15) is 0 Å². The second kappa shape index (κ2) is 6.97. The Balaban J connectivity index is 1.81. The van der Waals surface area contributed by atoms with Gasteiger partial charge in [0.25, 0.3) is 0 Å². The second-order valence-electron chi connectivity index (χ2n) is 5.56. The fraction of sp³-hybridized carbons (Fsp3) is 0.278. The van der Waals surface area contributed by atoms with Crippen molar-refractivity contribution in [3.8, 4) is 23.0 Å². The van der Waals surface area contributed by atoms with Gasteiger partial charge in [-0.05, 0) is 35.3 Å². The Morgan fingerprint density at radius 1 is 1.17 bits per heavy atom. The van der Waals surface area contributed by atoms with Gasteiger partial charge in [0.05, 0.1) is 13.7 Å². The van der Waals surface area contributed by atoms with E-state index in [2.05, 4.69) is 0 Å². The molecule has 24 heavy (non-hydrogen) atoms. The smallest absolute Gasteiger partial charge is 0.324 e. The van der Waals surface area contributed by atoms with E-state index in [1.807, 2.05) is 25.0 Å². The average molecular weight is 326 g/mol. The van der Waals surface area contributed by atoms with Crippen LogP contribution in [0.5, 0.6) is 23.0 Å². The maximum atomic E-state index is 11.4. The minimum Gasteiger partial charge on any atom is -0.493 e. The fourth-order valence-corrected chi connectivity index (χ4v) is 2.60. The Morgan fingerprint density at radius 3 is 2.71 bits per heavy atom. The Labute approximate surface area is 141 Å². The molecule has 2 aromatic rings. The lowest BCUT2D eigenvalue weighted by Crippen LogP contribution is -2.23. The Kier molecular flexibility index (Phi) is 4.76. The highest BCUT2D eigenvalue weighted by atomic mass is 16.5. The lowest BCUT2D eigenvalue weighted by Gasteiger charge is -2.12. The molecule has 124 valence electrons. The molecule has 6 heteroatoms. The Morgan fingerprint density at radius 2 is 1.96 bits per heavy atom. The summed E-state index contributed by atoms with van der Waals surface area (Å²) in [6, 6.07) is 11.0. The number of rotatable bonds is 5. The van der Waals surface area contributed by atoms with E-state index >= 15 is 0 Å². The molecule has 0 aromatic heterocycles. The summed E-state index contributed by atoms with van der Waals surface area (Å²) in [6.07, 6.45) is 0.316. The zero-order chi connectivity index (χ0) is 17.1. The van der Waals surface area contributed by atoms with E-state index in [9.17, 15) is 4.79 Å². The van der Waals surface area contributed by atoms with Crippen molar-refractivity contribution in [3.63, 3.8) is 0 Å². The van der Waals surface area contributed by atoms with Crippen molar-refractivity contribution in [1.82, 2.24) is 0 Å². The summed E-state index contributed by atoms with van der Waals surface area (Å²) in [7, 11) is 1.55. The van der Waals surface area contributed by atoms with E-state index in [4.69, 9.17) is 18.9 Å². The summed E-state index contributed by atoms with van der Waals surface area (Å²) in [5.41, 5.74) is 2.32. The van der Waals surface area contributed by atoms with Gasteiger partial charge in [0, 0.05) is 12.5 Å². The lowest BCUT2D eigenvalue weighted by molar-refractivity contribution is -0.134. The highest BCUT2D eigenvalue weighted by molar-refractivity contribution is 6.67. The summed E-state index contributed by atoms with van der Waals surface area (Å²) in [5.74, 6) is 1.91.